The number of aliphatic hydroxyl groups excluding tert-OH is 1. The van der Waals surface area contributed by atoms with Crippen molar-refractivity contribution in [2.45, 2.75) is 155 Å². The molecule has 0 aromatic rings. The van der Waals surface area contributed by atoms with Crippen LogP contribution in [0.2, 0.25) is 0 Å². The van der Waals surface area contributed by atoms with Gasteiger partial charge in [-0.1, -0.05) is 122 Å². The van der Waals surface area contributed by atoms with E-state index < -0.39 is 6.10 Å². The van der Waals surface area contributed by atoms with Gasteiger partial charge in [0.05, 0.1) is 6.61 Å². The van der Waals surface area contributed by atoms with Crippen molar-refractivity contribution in [3.05, 3.63) is 24.3 Å². The van der Waals surface area contributed by atoms with Crippen LogP contribution in [-0.2, 0) is 19.1 Å². The van der Waals surface area contributed by atoms with Gasteiger partial charge in [-0.3, -0.25) is 9.59 Å². The Morgan fingerprint density at radius 1 is 0.622 bits per heavy atom. The molecule has 0 aliphatic carbocycles. The molecule has 0 aliphatic rings. The summed E-state index contributed by atoms with van der Waals surface area (Å²) < 4.78 is 10.5. The zero-order valence-corrected chi connectivity index (χ0v) is 24.2. The van der Waals surface area contributed by atoms with Crippen LogP contribution in [0.1, 0.15) is 149 Å². The molecule has 0 rings (SSSR count). The lowest BCUT2D eigenvalue weighted by molar-refractivity contribution is -0.161. The molecule has 5 heteroatoms. The van der Waals surface area contributed by atoms with Gasteiger partial charge in [-0.15, -0.1) is 0 Å². The van der Waals surface area contributed by atoms with E-state index in [9.17, 15) is 14.7 Å². The normalized spacial score (nSPS) is 12.4. The van der Waals surface area contributed by atoms with Gasteiger partial charge < -0.3 is 14.6 Å². The molecule has 1 N–H and O–H groups in total. The number of rotatable bonds is 27. The fraction of sp³-hybridized carbons (Fsp3) is 0.812. The molecule has 1 unspecified atom stereocenters. The maximum Gasteiger partial charge on any atom is 0.306 e. The zero-order chi connectivity index (χ0) is 27.2. The summed E-state index contributed by atoms with van der Waals surface area (Å²) in [6, 6.07) is 0. The smallest absolute Gasteiger partial charge is 0.306 e. The Balaban J connectivity index is 3.63. The second-order valence-corrected chi connectivity index (χ2v) is 10.2. The van der Waals surface area contributed by atoms with Crippen molar-refractivity contribution in [3.63, 3.8) is 0 Å². The van der Waals surface area contributed by atoms with E-state index in [1.807, 2.05) is 0 Å². The zero-order valence-electron chi connectivity index (χ0n) is 24.2. The predicted molar refractivity (Wildman–Crippen MR) is 155 cm³/mol. The highest BCUT2D eigenvalue weighted by Crippen LogP contribution is 2.12. The van der Waals surface area contributed by atoms with Gasteiger partial charge in [0.15, 0.2) is 6.10 Å². The Hall–Kier alpha value is -1.62. The molecule has 0 radical (unpaired) electrons. The molecule has 0 aromatic heterocycles. The van der Waals surface area contributed by atoms with E-state index in [2.05, 4.69) is 38.2 Å². The minimum absolute atomic E-state index is 0.0687. The highest BCUT2D eigenvalue weighted by atomic mass is 16.6. The van der Waals surface area contributed by atoms with Gasteiger partial charge in [0.1, 0.15) is 6.61 Å². The number of hydrogen-bond acceptors (Lipinski definition) is 5. The van der Waals surface area contributed by atoms with Crippen LogP contribution in [-0.4, -0.2) is 36.4 Å². The Labute approximate surface area is 228 Å². The predicted octanol–water partition coefficient (Wildman–Crippen LogP) is 8.78. The lowest BCUT2D eigenvalue weighted by Crippen LogP contribution is -2.28. The summed E-state index contributed by atoms with van der Waals surface area (Å²) in [6.45, 7) is 4.02. The van der Waals surface area contributed by atoms with Crippen molar-refractivity contribution in [1.82, 2.24) is 0 Å². The van der Waals surface area contributed by atoms with Crippen LogP contribution in [0.15, 0.2) is 24.3 Å². The van der Waals surface area contributed by atoms with E-state index >= 15 is 0 Å². The first-order valence-corrected chi connectivity index (χ1v) is 15.4. The quantitative estimate of drug-likeness (QED) is 0.0663. The second kappa shape index (κ2) is 28.9. The first-order valence-electron chi connectivity index (χ1n) is 15.4. The van der Waals surface area contributed by atoms with Gasteiger partial charge in [-0.05, 0) is 38.5 Å². The van der Waals surface area contributed by atoms with Crippen LogP contribution in [0.25, 0.3) is 0 Å². The molecular weight excluding hydrogens is 464 g/mol. The fourth-order valence-corrected chi connectivity index (χ4v) is 4.12. The van der Waals surface area contributed by atoms with Crippen molar-refractivity contribution in [2.75, 3.05) is 13.2 Å². The van der Waals surface area contributed by atoms with Gasteiger partial charge >= 0.3 is 11.9 Å². The summed E-state index contributed by atoms with van der Waals surface area (Å²) >= 11 is 0. The van der Waals surface area contributed by atoms with Gasteiger partial charge in [-0.25, -0.2) is 0 Å². The maximum atomic E-state index is 12.0. The summed E-state index contributed by atoms with van der Waals surface area (Å²) in [7, 11) is 0. The minimum atomic E-state index is -0.771. The van der Waals surface area contributed by atoms with Crippen molar-refractivity contribution in [3.8, 4) is 0 Å². The molecule has 37 heavy (non-hydrogen) atoms. The number of carbonyl (C=O) groups is 2. The molecule has 0 saturated heterocycles. The Morgan fingerprint density at radius 3 is 1.70 bits per heavy atom. The summed E-state index contributed by atoms with van der Waals surface area (Å²) in [5.74, 6) is -0.610. The molecule has 5 nitrogen and oxygen atoms in total. The molecule has 0 aliphatic heterocycles. The molecule has 0 saturated carbocycles. The number of aliphatic hydroxyl groups is 1. The third-order valence-electron chi connectivity index (χ3n) is 6.48. The first kappa shape index (κ1) is 35.4. The molecule has 1 atom stereocenters. The van der Waals surface area contributed by atoms with Crippen LogP contribution >= 0.6 is 0 Å². The largest absolute Gasteiger partial charge is 0.462 e. The second-order valence-electron chi connectivity index (χ2n) is 10.2. The van der Waals surface area contributed by atoms with Crippen LogP contribution in [0.4, 0.5) is 0 Å². The number of unbranched alkanes of at least 4 members (excludes halogenated alkanes) is 15. The fourth-order valence-electron chi connectivity index (χ4n) is 4.12. The number of carbonyl (C=O) groups excluding carboxylic acids is 2. The SMILES string of the molecule is CCC/C=C\C/C=C\CCCCCCCC(=O)OC(CO)COC(=O)CCCCCCCCCCCC. The summed E-state index contributed by atoms with van der Waals surface area (Å²) in [5, 5.41) is 9.46. The topological polar surface area (TPSA) is 72.8 Å². The molecule has 0 fully saturated rings. The third kappa shape index (κ3) is 27.2. The summed E-state index contributed by atoms with van der Waals surface area (Å²) in [4.78, 5) is 24.0. The number of ether oxygens (including phenoxy) is 2. The van der Waals surface area contributed by atoms with E-state index in [0.717, 1.165) is 57.8 Å². The Bertz CT molecular complexity index is 570. The van der Waals surface area contributed by atoms with Gasteiger partial charge in [0.25, 0.3) is 0 Å². The van der Waals surface area contributed by atoms with E-state index in [-0.39, 0.29) is 25.2 Å². The van der Waals surface area contributed by atoms with E-state index in [4.69, 9.17) is 9.47 Å². The summed E-state index contributed by atoms with van der Waals surface area (Å²) in [5.41, 5.74) is 0. The van der Waals surface area contributed by atoms with Gasteiger partial charge in [0, 0.05) is 12.8 Å². The highest BCUT2D eigenvalue weighted by molar-refractivity contribution is 5.70. The average molecular weight is 523 g/mol. The number of esters is 2. The van der Waals surface area contributed by atoms with E-state index in [1.54, 1.807) is 0 Å². The lowest BCUT2D eigenvalue weighted by Gasteiger charge is -2.15. The van der Waals surface area contributed by atoms with Crippen molar-refractivity contribution in [1.29, 1.82) is 0 Å². The standard InChI is InChI=1S/C32H58O5/c1-3-5-7-9-11-13-15-16-17-19-21-23-25-27-32(35)37-30(28-33)29-36-31(34)26-24-22-20-18-14-12-10-8-6-4-2/h7,9,13,15,30,33H,3-6,8,10-12,14,16-29H2,1-2H3/b9-7-,15-13-. The van der Waals surface area contributed by atoms with Crippen LogP contribution < -0.4 is 0 Å². The molecule has 0 aromatic carbocycles. The summed E-state index contributed by atoms with van der Waals surface area (Å²) in [6.07, 6.45) is 30.8. The monoisotopic (exact) mass is 522 g/mol. The van der Waals surface area contributed by atoms with Crippen LogP contribution in [0.5, 0.6) is 0 Å². The van der Waals surface area contributed by atoms with Crippen molar-refractivity contribution < 1.29 is 24.2 Å². The Morgan fingerprint density at radius 2 is 1.14 bits per heavy atom. The van der Waals surface area contributed by atoms with Crippen LogP contribution in [0, 0.1) is 0 Å². The van der Waals surface area contributed by atoms with Crippen LogP contribution in [0.3, 0.4) is 0 Å². The molecule has 0 amide bonds. The molecule has 0 bridgehead atoms. The average Bonchev–Trinajstić information content (AvgIpc) is 2.90. The van der Waals surface area contributed by atoms with E-state index in [0.29, 0.717) is 12.8 Å². The highest BCUT2D eigenvalue weighted by Gasteiger charge is 2.16. The number of hydrogen-bond donors (Lipinski definition) is 1. The van der Waals surface area contributed by atoms with Gasteiger partial charge in [-0.2, -0.15) is 0 Å². The van der Waals surface area contributed by atoms with Crippen molar-refractivity contribution in [2.24, 2.45) is 0 Å². The van der Waals surface area contributed by atoms with E-state index in [1.165, 1.54) is 64.2 Å². The molecular formula is C32H58O5. The molecule has 216 valence electrons. The maximum absolute atomic E-state index is 12.0. The number of allylic oxidation sites excluding steroid dienone is 4. The van der Waals surface area contributed by atoms with Crippen molar-refractivity contribution >= 4 is 11.9 Å². The minimum Gasteiger partial charge on any atom is -0.462 e. The molecule has 0 spiro atoms. The first-order chi connectivity index (χ1) is 18.1. The molecule has 0 heterocycles. The third-order valence-corrected chi connectivity index (χ3v) is 6.48. The lowest BCUT2D eigenvalue weighted by atomic mass is 10.1. The Kier molecular flexibility index (Phi) is 27.7. The van der Waals surface area contributed by atoms with Gasteiger partial charge in [0.2, 0.25) is 0 Å².